The van der Waals surface area contributed by atoms with Crippen molar-refractivity contribution in [1.29, 1.82) is 0 Å². The van der Waals surface area contributed by atoms with Crippen LogP contribution in [-0.4, -0.2) is 22.1 Å². The molecule has 0 spiro atoms. The zero-order valence-corrected chi connectivity index (χ0v) is 8.86. The van der Waals surface area contributed by atoms with Gasteiger partial charge >= 0.3 is 5.97 Å². The molecule has 0 bridgehead atoms. The van der Waals surface area contributed by atoms with Crippen molar-refractivity contribution in [3.05, 3.63) is 0 Å². The number of aliphatic carboxylic acids is 1. The molecule has 72 valence electrons. The lowest BCUT2D eigenvalue weighted by Crippen LogP contribution is -2.13. The predicted octanol–water partition coefficient (Wildman–Crippen LogP) is 2.63. The average Bonchev–Trinajstić information content (AvgIpc) is 2.00. The van der Waals surface area contributed by atoms with Crippen molar-refractivity contribution in [2.24, 2.45) is 5.92 Å². The lowest BCUT2D eigenvalue weighted by atomic mass is 10.2. The minimum absolute atomic E-state index is 0.214. The van der Waals surface area contributed by atoms with Gasteiger partial charge in [-0.05, 0) is 6.42 Å². The summed E-state index contributed by atoms with van der Waals surface area (Å²) in [5.74, 6) is -0.170. The maximum Gasteiger partial charge on any atom is 0.307 e. The molecule has 0 aliphatic carbocycles. The number of carboxylic acids is 1. The van der Waals surface area contributed by atoms with E-state index in [4.69, 9.17) is 5.11 Å². The van der Waals surface area contributed by atoms with Crippen LogP contribution in [0.3, 0.4) is 0 Å². The minimum Gasteiger partial charge on any atom is -0.481 e. The van der Waals surface area contributed by atoms with Crippen molar-refractivity contribution in [3.63, 3.8) is 0 Å². The molecule has 0 saturated heterocycles. The van der Waals surface area contributed by atoms with Gasteiger partial charge in [0.15, 0.2) is 0 Å². The molecule has 0 aliphatic rings. The highest BCUT2D eigenvalue weighted by Gasteiger charge is 2.12. The summed E-state index contributed by atoms with van der Waals surface area (Å²) in [7, 11) is 0. The maximum atomic E-state index is 10.5. The van der Waals surface area contributed by atoms with Gasteiger partial charge in [0.05, 0.1) is 5.92 Å². The normalized spacial score (nSPS) is 15.6. The van der Waals surface area contributed by atoms with E-state index in [9.17, 15) is 4.79 Å². The molecule has 0 rings (SSSR count). The summed E-state index contributed by atoms with van der Waals surface area (Å²) in [6, 6.07) is 0. The van der Waals surface area contributed by atoms with E-state index in [0.29, 0.717) is 5.25 Å². The van der Waals surface area contributed by atoms with Crippen LogP contribution in [0.2, 0.25) is 0 Å². The van der Waals surface area contributed by atoms with E-state index in [1.165, 1.54) is 12.8 Å². The highest BCUT2D eigenvalue weighted by atomic mass is 32.2. The van der Waals surface area contributed by atoms with Crippen molar-refractivity contribution >= 4 is 17.7 Å². The second-order valence-corrected chi connectivity index (χ2v) is 4.64. The number of thioether (sulfide) groups is 1. The van der Waals surface area contributed by atoms with Gasteiger partial charge in [0.2, 0.25) is 0 Å². The standard InChI is InChI=1S/C9H18O2S/c1-4-5-8(3)12-6-7(2)9(10)11/h7-8H,4-6H2,1-3H3,(H,10,11). The summed E-state index contributed by atoms with van der Waals surface area (Å²) in [4.78, 5) is 10.5. The Morgan fingerprint density at radius 3 is 2.50 bits per heavy atom. The first kappa shape index (κ1) is 11.8. The van der Waals surface area contributed by atoms with Gasteiger partial charge in [-0.1, -0.05) is 27.2 Å². The molecular formula is C9H18O2S. The Morgan fingerprint density at radius 2 is 2.08 bits per heavy atom. The molecule has 2 nitrogen and oxygen atoms in total. The smallest absolute Gasteiger partial charge is 0.307 e. The van der Waals surface area contributed by atoms with Crippen molar-refractivity contribution in [2.45, 2.75) is 38.9 Å². The van der Waals surface area contributed by atoms with E-state index >= 15 is 0 Å². The molecule has 0 radical (unpaired) electrons. The first-order valence-electron chi connectivity index (χ1n) is 4.42. The molecule has 0 aromatic rings. The van der Waals surface area contributed by atoms with Crippen LogP contribution in [0, 0.1) is 5.92 Å². The Kier molecular flexibility index (Phi) is 6.25. The quantitative estimate of drug-likeness (QED) is 0.699. The molecule has 1 N–H and O–H groups in total. The van der Waals surface area contributed by atoms with E-state index in [-0.39, 0.29) is 5.92 Å². The van der Waals surface area contributed by atoms with Crippen molar-refractivity contribution < 1.29 is 9.90 Å². The zero-order valence-electron chi connectivity index (χ0n) is 8.04. The lowest BCUT2D eigenvalue weighted by Gasteiger charge is -2.11. The fourth-order valence-electron chi connectivity index (χ4n) is 0.870. The van der Waals surface area contributed by atoms with Crippen molar-refractivity contribution in [3.8, 4) is 0 Å². The fourth-order valence-corrected chi connectivity index (χ4v) is 2.03. The summed E-state index contributed by atoms with van der Waals surface area (Å²) in [5, 5.41) is 9.21. The highest BCUT2D eigenvalue weighted by molar-refractivity contribution is 7.99. The fraction of sp³-hybridized carbons (Fsp3) is 0.889. The number of rotatable bonds is 6. The molecule has 3 heteroatoms. The van der Waals surface area contributed by atoms with Gasteiger partial charge < -0.3 is 5.11 Å². The van der Waals surface area contributed by atoms with Crippen LogP contribution in [-0.2, 0) is 4.79 Å². The summed E-state index contributed by atoms with van der Waals surface area (Å²) < 4.78 is 0. The van der Waals surface area contributed by atoms with Crippen LogP contribution in [0.25, 0.3) is 0 Å². The van der Waals surface area contributed by atoms with Gasteiger partial charge in [-0.25, -0.2) is 0 Å². The van der Waals surface area contributed by atoms with E-state index in [0.717, 1.165) is 5.75 Å². The topological polar surface area (TPSA) is 37.3 Å². The number of hydrogen-bond donors (Lipinski definition) is 1. The molecule has 0 aliphatic heterocycles. The molecule has 0 aromatic heterocycles. The van der Waals surface area contributed by atoms with Gasteiger partial charge in [-0.15, -0.1) is 0 Å². The first-order valence-corrected chi connectivity index (χ1v) is 5.47. The monoisotopic (exact) mass is 190 g/mol. The Bertz CT molecular complexity index is 136. The largest absolute Gasteiger partial charge is 0.481 e. The van der Waals surface area contributed by atoms with E-state index in [2.05, 4.69) is 13.8 Å². The van der Waals surface area contributed by atoms with Crippen molar-refractivity contribution in [1.82, 2.24) is 0 Å². The Labute approximate surface area is 78.7 Å². The van der Waals surface area contributed by atoms with Crippen LogP contribution >= 0.6 is 11.8 Å². The van der Waals surface area contributed by atoms with Gasteiger partial charge in [-0.3, -0.25) is 4.79 Å². The van der Waals surface area contributed by atoms with Gasteiger partial charge in [0.25, 0.3) is 0 Å². The SMILES string of the molecule is CCCC(C)SCC(C)C(=O)O. The number of carbonyl (C=O) groups is 1. The molecule has 2 unspecified atom stereocenters. The Balaban J connectivity index is 3.46. The second-order valence-electron chi connectivity index (χ2n) is 3.17. The van der Waals surface area contributed by atoms with Crippen LogP contribution in [0.5, 0.6) is 0 Å². The minimum atomic E-state index is -0.689. The van der Waals surface area contributed by atoms with Gasteiger partial charge in [-0.2, -0.15) is 11.8 Å². The van der Waals surface area contributed by atoms with E-state index in [1.807, 2.05) is 0 Å². The Morgan fingerprint density at radius 1 is 1.50 bits per heavy atom. The van der Waals surface area contributed by atoms with Crippen LogP contribution in [0.15, 0.2) is 0 Å². The van der Waals surface area contributed by atoms with Gasteiger partial charge in [0, 0.05) is 11.0 Å². The molecule has 0 fully saturated rings. The van der Waals surface area contributed by atoms with E-state index in [1.54, 1.807) is 18.7 Å². The molecule has 12 heavy (non-hydrogen) atoms. The van der Waals surface area contributed by atoms with Crippen molar-refractivity contribution in [2.75, 3.05) is 5.75 Å². The maximum absolute atomic E-state index is 10.5. The number of hydrogen-bond acceptors (Lipinski definition) is 2. The molecule has 0 amide bonds. The zero-order chi connectivity index (χ0) is 9.56. The summed E-state index contributed by atoms with van der Waals surface area (Å²) in [6.07, 6.45) is 2.35. The molecule has 0 aromatic carbocycles. The molecule has 0 heterocycles. The predicted molar refractivity (Wildman–Crippen MR) is 53.6 cm³/mol. The third kappa shape index (κ3) is 5.47. The van der Waals surface area contributed by atoms with Crippen LogP contribution < -0.4 is 0 Å². The molecule has 0 saturated carbocycles. The van der Waals surface area contributed by atoms with Gasteiger partial charge in [0.1, 0.15) is 0 Å². The third-order valence-electron chi connectivity index (χ3n) is 1.75. The van der Waals surface area contributed by atoms with E-state index < -0.39 is 5.97 Å². The molecular weight excluding hydrogens is 172 g/mol. The summed E-state index contributed by atoms with van der Waals surface area (Å²) in [6.45, 7) is 6.06. The van der Waals surface area contributed by atoms with Crippen LogP contribution in [0.4, 0.5) is 0 Å². The first-order chi connectivity index (χ1) is 5.57. The average molecular weight is 190 g/mol. The Hall–Kier alpha value is -0.180. The molecule has 2 atom stereocenters. The third-order valence-corrected chi connectivity index (χ3v) is 3.24. The second kappa shape index (κ2) is 6.35. The lowest BCUT2D eigenvalue weighted by molar-refractivity contribution is -0.140. The summed E-state index contributed by atoms with van der Waals surface area (Å²) in [5.41, 5.74) is 0. The van der Waals surface area contributed by atoms with Crippen LogP contribution in [0.1, 0.15) is 33.6 Å². The highest BCUT2D eigenvalue weighted by Crippen LogP contribution is 2.18. The summed E-state index contributed by atoms with van der Waals surface area (Å²) >= 11 is 1.76. The number of carboxylic acid groups (broad SMARTS) is 1.